The highest BCUT2D eigenvalue weighted by molar-refractivity contribution is 7.22. The van der Waals surface area contributed by atoms with Crippen LogP contribution in [0.3, 0.4) is 0 Å². The summed E-state index contributed by atoms with van der Waals surface area (Å²) in [6.45, 7) is 0. The van der Waals surface area contributed by atoms with Gasteiger partial charge in [0.25, 0.3) is 0 Å². The number of nitrogens with zero attached hydrogens (tertiary/aromatic N) is 1. The van der Waals surface area contributed by atoms with Crippen LogP contribution in [0.1, 0.15) is 11.1 Å². The molecule has 0 radical (unpaired) electrons. The summed E-state index contributed by atoms with van der Waals surface area (Å²) in [4.78, 5) is 4.25. The van der Waals surface area contributed by atoms with Gasteiger partial charge in [-0.25, -0.2) is 4.98 Å². The minimum atomic E-state index is 0.617. The lowest BCUT2D eigenvalue weighted by atomic mass is 10.0. The number of hydrogen-bond acceptors (Lipinski definition) is 4. The zero-order chi connectivity index (χ0) is 12.5. The average Bonchev–Trinajstić information content (AvgIpc) is 2.68. The second-order valence-electron chi connectivity index (χ2n) is 4.28. The summed E-state index contributed by atoms with van der Waals surface area (Å²) >= 11 is 1.52. The fourth-order valence-corrected chi connectivity index (χ4v) is 2.83. The summed E-state index contributed by atoms with van der Waals surface area (Å²) in [5.41, 5.74) is 15.7. The molecule has 0 amide bonds. The molecule has 4 N–H and O–H groups in total. The number of nitrogens with two attached hydrogens (primary N) is 2. The van der Waals surface area contributed by atoms with E-state index >= 15 is 0 Å². The van der Waals surface area contributed by atoms with Gasteiger partial charge in [0.05, 0.1) is 10.2 Å². The Hall–Kier alpha value is -2.07. The van der Waals surface area contributed by atoms with Crippen LogP contribution in [0, 0.1) is 0 Å². The van der Waals surface area contributed by atoms with E-state index in [1.54, 1.807) is 0 Å². The maximum absolute atomic E-state index is 5.78. The van der Waals surface area contributed by atoms with Gasteiger partial charge in [0.15, 0.2) is 5.13 Å². The van der Waals surface area contributed by atoms with Crippen molar-refractivity contribution in [1.29, 1.82) is 0 Å². The summed E-state index contributed by atoms with van der Waals surface area (Å²) in [6.07, 6.45) is 0.874. The van der Waals surface area contributed by atoms with E-state index in [4.69, 9.17) is 11.5 Å². The van der Waals surface area contributed by atoms with Crippen molar-refractivity contribution >= 4 is 32.4 Å². The highest BCUT2D eigenvalue weighted by Crippen LogP contribution is 2.25. The number of thiazole rings is 1. The third kappa shape index (κ3) is 2.15. The molecule has 3 aromatic rings. The molecule has 18 heavy (non-hydrogen) atoms. The zero-order valence-corrected chi connectivity index (χ0v) is 10.6. The summed E-state index contributed by atoms with van der Waals surface area (Å²) in [7, 11) is 0. The van der Waals surface area contributed by atoms with E-state index < -0.39 is 0 Å². The second kappa shape index (κ2) is 4.31. The molecule has 3 rings (SSSR count). The Morgan fingerprint density at radius 3 is 2.67 bits per heavy atom. The lowest BCUT2D eigenvalue weighted by Crippen LogP contribution is -1.90. The first kappa shape index (κ1) is 11.0. The first-order chi connectivity index (χ1) is 8.70. The third-order valence-electron chi connectivity index (χ3n) is 2.83. The Morgan fingerprint density at radius 2 is 1.83 bits per heavy atom. The van der Waals surface area contributed by atoms with Crippen molar-refractivity contribution in [2.24, 2.45) is 0 Å². The lowest BCUT2D eigenvalue weighted by molar-refractivity contribution is 1.20. The van der Waals surface area contributed by atoms with Crippen LogP contribution < -0.4 is 11.5 Å². The van der Waals surface area contributed by atoms with Crippen molar-refractivity contribution in [3.05, 3.63) is 53.6 Å². The van der Waals surface area contributed by atoms with Crippen molar-refractivity contribution in [3.8, 4) is 0 Å². The van der Waals surface area contributed by atoms with E-state index in [-0.39, 0.29) is 0 Å². The van der Waals surface area contributed by atoms with E-state index in [1.807, 2.05) is 24.3 Å². The van der Waals surface area contributed by atoms with Gasteiger partial charge in [-0.1, -0.05) is 29.5 Å². The largest absolute Gasteiger partial charge is 0.399 e. The molecule has 1 aromatic heterocycles. The minimum absolute atomic E-state index is 0.617. The molecule has 0 atom stereocenters. The molecule has 1 heterocycles. The first-order valence-corrected chi connectivity index (χ1v) is 6.52. The van der Waals surface area contributed by atoms with E-state index in [1.165, 1.54) is 22.5 Å². The summed E-state index contributed by atoms with van der Waals surface area (Å²) in [6, 6.07) is 14.2. The SMILES string of the molecule is Nc1cccc(Cc2ccc3nc(N)sc3c2)c1. The molecule has 0 aliphatic carbocycles. The molecule has 90 valence electrons. The molecule has 0 aliphatic rings. The van der Waals surface area contributed by atoms with Crippen LogP contribution in [0.25, 0.3) is 10.2 Å². The second-order valence-corrected chi connectivity index (χ2v) is 5.34. The lowest BCUT2D eigenvalue weighted by Gasteiger charge is -2.03. The monoisotopic (exact) mass is 255 g/mol. The van der Waals surface area contributed by atoms with Crippen LogP contribution in [0.2, 0.25) is 0 Å². The molecule has 0 spiro atoms. The summed E-state index contributed by atoms with van der Waals surface area (Å²) in [5, 5.41) is 0.617. The molecular formula is C14H13N3S. The maximum atomic E-state index is 5.78. The molecule has 0 saturated carbocycles. The molecule has 3 nitrogen and oxygen atoms in total. The van der Waals surface area contributed by atoms with Crippen LogP contribution in [-0.4, -0.2) is 4.98 Å². The van der Waals surface area contributed by atoms with Gasteiger partial charge in [-0.05, 0) is 41.8 Å². The molecule has 0 unspecified atom stereocenters. The molecule has 2 aromatic carbocycles. The van der Waals surface area contributed by atoms with Gasteiger partial charge < -0.3 is 11.5 Å². The van der Waals surface area contributed by atoms with E-state index in [0.717, 1.165) is 22.3 Å². The average molecular weight is 255 g/mol. The van der Waals surface area contributed by atoms with Gasteiger partial charge in [0.1, 0.15) is 0 Å². The van der Waals surface area contributed by atoms with Crippen molar-refractivity contribution < 1.29 is 0 Å². The van der Waals surface area contributed by atoms with Gasteiger partial charge in [-0.15, -0.1) is 0 Å². The smallest absolute Gasteiger partial charge is 0.181 e. The Morgan fingerprint density at radius 1 is 1.00 bits per heavy atom. The highest BCUT2D eigenvalue weighted by Gasteiger charge is 2.03. The normalized spacial score (nSPS) is 10.9. The number of anilines is 2. The van der Waals surface area contributed by atoms with Crippen LogP contribution in [-0.2, 0) is 6.42 Å². The van der Waals surface area contributed by atoms with Gasteiger partial charge in [-0.2, -0.15) is 0 Å². The van der Waals surface area contributed by atoms with Crippen LogP contribution in [0.15, 0.2) is 42.5 Å². The number of benzene rings is 2. The van der Waals surface area contributed by atoms with Crippen molar-refractivity contribution in [2.75, 3.05) is 11.5 Å². The Kier molecular flexibility index (Phi) is 2.64. The quantitative estimate of drug-likeness (QED) is 0.692. The number of hydrogen-bond donors (Lipinski definition) is 2. The molecule has 0 aliphatic heterocycles. The standard InChI is InChI=1S/C14H13N3S/c15-11-3-1-2-9(7-11)6-10-4-5-12-13(8-10)18-14(16)17-12/h1-5,7-8H,6,15H2,(H2,16,17). The van der Waals surface area contributed by atoms with Crippen molar-refractivity contribution in [2.45, 2.75) is 6.42 Å². The van der Waals surface area contributed by atoms with E-state index in [2.05, 4.69) is 23.2 Å². The highest BCUT2D eigenvalue weighted by atomic mass is 32.1. The van der Waals surface area contributed by atoms with Gasteiger partial charge in [0.2, 0.25) is 0 Å². The number of nitrogen functional groups attached to an aromatic ring is 2. The summed E-state index contributed by atoms with van der Waals surface area (Å²) < 4.78 is 1.13. The van der Waals surface area contributed by atoms with Gasteiger partial charge in [0, 0.05) is 5.69 Å². The van der Waals surface area contributed by atoms with Crippen molar-refractivity contribution in [3.63, 3.8) is 0 Å². The molecule has 0 bridgehead atoms. The summed E-state index contributed by atoms with van der Waals surface area (Å²) in [5.74, 6) is 0. The number of rotatable bonds is 2. The molecule has 0 saturated heterocycles. The topological polar surface area (TPSA) is 64.9 Å². The predicted octanol–water partition coefficient (Wildman–Crippen LogP) is 3.05. The Balaban J connectivity index is 1.94. The third-order valence-corrected chi connectivity index (χ3v) is 3.68. The Bertz CT molecular complexity index is 703. The van der Waals surface area contributed by atoms with Gasteiger partial charge in [-0.3, -0.25) is 0 Å². The van der Waals surface area contributed by atoms with Crippen LogP contribution >= 0.6 is 11.3 Å². The zero-order valence-electron chi connectivity index (χ0n) is 9.76. The fourth-order valence-electron chi connectivity index (χ4n) is 2.04. The molecule has 0 fully saturated rings. The van der Waals surface area contributed by atoms with Crippen LogP contribution in [0.4, 0.5) is 10.8 Å². The fraction of sp³-hybridized carbons (Fsp3) is 0.0714. The Labute approximate surface area is 109 Å². The number of fused-ring (bicyclic) bond motifs is 1. The van der Waals surface area contributed by atoms with Crippen LogP contribution in [0.5, 0.6) is 0 Å². The van der Waals surface area contributed by atoms with E-state index in [9.17, 15) is 0 Å². The maximum Gasteiger partial charge on any atom is 0.181 e. The molecule has 4 heteroatoms. The van der Waals surface area contributed by atoms with Crippen molar-refractivity contribution in [1.82, 2.24) is 4.98 Å². The minimum Gasteiger partial charge on any atom is -0.399 e. The van der Waals surface area contributed by atoms with Gasteiger partial charge >= 0.3 is 0 Å². The first-order valence-electron chi connectivity index (χ1n) is 5.70. The predicted molar refractivity (Wildman–Crippen MR) is 77.7 cm³/mol. The number of aromatic nitrogens is 1. The van der Waals surface area contributed by atoms with E-state index in [0.29, 0.717) is 5.13 Å². The molecular weight excluding hydrogens is 242 g/mol.